The maximum Gasteiger partial charge on any atom is 0.162 e. The molecule has 0 aliphatic carbocycles. The molecule has 0 spiro atoms. The zero-order valence-corrected chi connectivity index (χ0v) is 12.6. The summed E-state index contributed by atoms with van der Waals surface area (Å²) in [6.07, 6.45) is 0. The van der Waals surface area contributed by atoms with Gasteiger partial charge in [0.2, 0.25) is 0 Å². The van der Waals surface area contributed by atoms with Gasteiger partial charge < -0.3 is 10.4 Å². The number of rotatable bonds is 3. The molecule has 0 aliphatic heterocycles. The van der Waals surface area contributed by atoms with Crippen LogP contribution in [0.15, 0.2) is 30.3 Å². The number of benzene rings is 1. The van der Waals surface area contributed by atoms with E-state index in [2.05, 4.69) is 40.5 Å². The fourth-order valence-corrected chi connectivity index (χ4v) is 2.50. The Labute approximate surface area is 127 Å². The average molecular weight is 302 g/mol. The van der Waals surface area contributed by atoms with Gasteiger partial charge in [-0.3, -0.25) is 0 Å². The van der Waals surface area contributed by atoms with Gasteiger partial charge in [0.25, 0.3) is 0 Å². The van der Waals surface area contributed by atoms with Crippen molar-refractivity contribution in [1.29, 1.82) is 0 Å². The van der Waals surface area contributed by atoms with Crippen LogP contribution in [-0.4, -0.2) is 15.2 Å². The van der Waals surface area contributed by atoms with Crippen molar-refractivity contribution in [2.24, 2.45) is 5.84 Å². The van der Waals surface area contributed by atoms with Crippen LogP contribution < -0.4 is 11.3 Å². The highest BCUT2D eigenvalue weighted by Gasteiger charge is 2.11. The molecule has 5 nitrogen and oxygen atoms in total. The Morgan fingerprint density at radius 3 is 2.62 bits per heavy atom. The van der Waals surface area contributed by atoms with Crippen LogP contribution in [0.25, 0.3) is 22.2 Å². The number of fused-ring (bicyclic) bond motifs is 1. The van der Waals surface area contributed by atoms with E-state index in [-0.39, 0.29) is 0 Å². The van der Waals surface area contributed by atoms with E-state index in [1.165, 1.54) is 5.69 Å². The molecule has 0 saturated heterocycles. The number of aromatic nitrogens is 3. The summed E-state index contributed by atoms with van der Waals surface area (Å²) < 4.78 is 0. The lowest BCUT2D eigenvalue weighted by Crippen LogP contribution is -2.09. The normalized spacial score (nSPS) is 11.3. The van der Waals surface area contributed by atoms with Gasteiger partial charge in [0, 0.05) is 22.2 Å². The first kappa shape index (κ1) is 13.9. The smallest absolute Gasteiger partial charge is 0.162 e. The molecule has 0 radical (unpaired) electrons. The Balaban J connectivity index is 2.10. The zero-order valence-electron chi connectivity index (χ0n) is 11.8. The van der Waals surface area contributed by atoms with E-state index in [4.69, 9.17) is 17.4 Å². The number of halogens is 1. The van der Waals surface area contributed by atoms with Gasteiger partial charge in [0.05, 0.1) is 10.7 Å². The van der Waals surface area contributed by atoms with Crippen LogP contribution in [0.1, 0.15) is 25.5 Å². The lowest BCUT2D eigenvalue weighted by molar-refractivity contribution is 0.836. The van der Waals surface area contributed by atoms with E-state index in [0.29, 0.717) is 22.5 Å². The predicted octanol–water partition coefficient (Wildman–Crippen LogP) is 3.69. The number of hydrogen-bond acceptors (Lipinski definition) is 4. The second kappa shape index (κ2) is 5.35. The minimum absolute atomic E-state index is 0.439. The van der Waals surface area contributed by atoms with Crippen molar-refractivity contribution in [3.05, 3.63) is 41.0 Å². The zero-order chi connectivity index (χ0) is 15.0. The summed E-state index contributed by atoms with van der Waals surface area (Å²) >= 11 is 6.38. The number of anilines is 1. The second-order valence-electron chi connectivity index (χ2n) is 5.25. The summed E-state index contributed by atoms with van der Waals surface area (Å²) in [6, 6.07) is 9.68. The molecule has 0 saturated carbocycles. The van der Waals surface area contributed by atoms with Crippen LogP contribution in [0, 0.1) is 0 Å². The molecule has 3 aromatic rings. The van der Waals surface area contributed by atoms with Crippen molar-refractivity contribution in [3.8, 4) is 11.3 Å². The van der Waals surface area contributed by atoms with E-state index in [1.54, 1.807) is 6.07 Å². The number of nitrogen functional groups attached to an aromatic ring is 1. The van der Waals surface area contributed by atoms with Gasteiger partial charge in [-0.05, 0) is 36.2 Å². The van der Waals surface area contributed by atoms with Crippen LogP contribution in [0.3, 0.4) is 0 Å². The molecule has 2 aromatic heterocycles. The number of aromatic amines is 1. The highest BCUT2D eigenvalue weighted by Crippen LogP contribution is 2.32. The Bertz CT molecular complexity index is 777. The van der Waals surface area contributed by atoms with Crippen LogP contribution >= 0.6 is 11.6 Å². The molecular formula is C15H16ClN5. The topological polar surface area (TPSA) is 79.6 Å². The van der Waals surface area contributed by atoms with Crippen molar-refractivity contribution >= 4 is 28.3 Å². The van der Waals surface area contributed by atoms with Gasteiger partial charge in [-0.25, -0.2) is 5.84 Å². The van der Waals surface area contributed by atoms with Gasteiger partial charge in [0.1, 0.15) is 0 Å². The maximum atomic E-state index is 6.38. The first-order valence-electron chi connectivity index (χ1n) is 6.71. The second-order valence-corrected chi connectivity index (χ2v) is 5.65. The molecule has 0 amide bonds. The molecule has 108 valence electrons. The molecule has 0 bridgehead atoms. The van der Waals surface area contributed by atoms with E-state index in [9.17, 15) is 0 Å². The highest BCUT2D eigenvalue weighted by atomic mass is 35.5. The first-order chi connectivity index (χ1) is 10.1. The Hall–Kier alpha value is -2.11. The number of hydrazine groups is 1. The van der Waals surface area contributed by atoms with Crippen molar-refractivity contribution in [2.75, 3.05) is 5.43 Å². The average Bonchev–Trinajstić information content (AvgIpc) is 2.89. The standard InChI is InChI=1S/C15H16ClN5/c1-8(2)13-6-9-5-11(16)10(7-14(9)18-13)12-3-4-15(19-17)21-20-12/h3-8,18H,17H2,1-2H3,(H,19,21). The van der Waals surface area contributed by atoms with E-state index in [0.717, 1.165) is 16.5 Å². The lowest BCUT2D eigenvalue weighted by Gasteiger charge is -2.04. The minimum Gasteiger partial charge on any atom is -0.358 e. The van der Waals surface area contributed by atoms with Crippen molar-refractivity contribution in [3.63, 3.8) is 0 Å². The molecule has 0 aliphatic rings. The molecular weight excluding hydrogens is 286 g/mol. The minimum atomic E-state index is 0.439. The van der Waals surface area contributed by atoms with Gasteiger partial charge in [0.15, 0.2) is 5.82 Å². The first-order valence-corrected chi connectivity index (χ1v) is 7.09. The summed E-state index contributed by atoms with van der Waals surface area (Å²) in [6.45, 7) is 4.30. The van der Waals surface area contributed by atoms with Gasteiger partial charge in [-0.2, -0.15) is 0 Å². The molecule has 4 N–H and O–H groups in total. The Kier molecular flexibility index (Phi) is 3.53. The summed E-state index contributed by atoms with van der Waals surface area (Å²) in [4.78, 5) is 3.42. The fourth-order valence-electron chi connectivity index (χ4n) is 2.24. The van der Waals surface area contributed by atoms with Gasteiger partial charge in [-0.1, -0.05) is 25.4 Å². The van der Waals surface area contributed by atoms with Gasteiger partial charge >= 0.3 is 0 Å². The SMILES string of the molecule is CC(C)c1cc2cc(Cl)c(-c3ccc(NN)nn3)cc2[nH]1. The van der Waals surface area contributed by atoms with Crippen LogP contribution in [0.5, 0.6) is 0 Å². The van der Waals surface area contributed by atoms with E-state index in [1.807, 2.05) is 18.2 Å². The highest BCUT2D eigenvalue weighted by molar-refractivity contribution is 6.34. The molecule has 1 aromatic carbocycles. The third-order valence-corrected chi connectivity index (χ3v) is 3.75. The summed E-state index contributed by atoms with van der Waals surface area (Å²) in [5.74, 6) is 6.24. The summed E-state index contributed by atoms with van der Waals surface area (Å²) in [7, 11) is 0. The maximum absolute atomic E-state index is 6.38. The summed E-state index contributed by atoms with van der Waals surface area (Å²) in [5, 5.41) is 9.86. The van der Waals surface area contributed by atoms with E-state index >= 15 is 0 Å². The molecule has 0 atom stereocenters. The number of nitrogens with one attached hydrogen (secondary N) is 2. The number of hydrogen-bond donors (Lipinski definition) is 3. The van der Waals surface area contributed by atoms with Crippen molar-refractivity contribution in [2.45, 2.75) is 19.8 Å². The number of H-pyrrole nitrogens is 1. The van der Waals surface area contributed by atoms with Crippen molar-refractivity contribution in [1.82, 2.24) is 15.2 Å². The molecule has 3 rings (SSSR count). The molecule has 6 heteroatoms. The fraction of sp³-hybridized carbons (Fsp3) is 0.200. The molecule has 0 unspecified atom stereocenters. The van der Waals surface area contributed by atoms with Gasteiger partial charge in [-0.15, -0.1) is 10.2 Å². The Morgan fingerprint density at radius 2 is 2.00 bits per heavy atom. The Morgan fingerprint density at radius 1 is 1.19 bits per heavy atom. The van der Waals surface area contributed by atoms with Crippen LogP contribution in [0.4, 0.5) is 5.82 Å². The molecule has 21 heavy (non-hydrogen) atoms. The van der Waals surface area contributed by atoms with Crippen molar-refractivity contribution < 1.29 is 0 Å². The van der Waals surface area contributed by atoms with Crippen LogP contribution in [0.2, 0.25) is 5.02 Å². The van der Waals surface area contributed by atoms with E-state index < -0.39 is 0 Å². The third kappa shape index (κ3) is 2.57. The number of nitrogens with zero attached hydrogens (tertiary/aromatic N) is 2. The molecule has 2 heterocycles. The largest absolute Gasteiger partial charge is 0.358 e. The monoisotopic (exact) mass is 301 g/mol. The lowest BCUT2D eigenvalue weighted by atomic mass is 10.1. The quantitative estimate of drug-likeness (QED) is 0.509. The van der Waals surface area contributed by atoms with Crippen LogP contribution in [-0.2, 0) is 0 Å². The molecule has 0 fully saturated rings. The third-order valence-electron chi connectivity index (χ3n) is 3.44. The predicted molar refractivity (Wildman–Crippen MR) is 86.2 cm³/mol. The summed E-state index contributed by atoms with van der Waals surface area (Å²) in [5.41, 5.74) is 6.24. The number of nitrogens with two attached hydrogens (primary N) is 1.